The molecule has 0 aromatic carbocycles. The van der Waals surface area contributed by atoms with E-state index in [1.807, 2.05) is 0 Å². The summed E-state index contributed by atoms with van der Waals surface area (Å²) in [5.41, 5.74) is 5.51. The smallest absolute Gasteiger partial charge is 0.117 e. The van der Waals surface area contributed by atoms with Crippen LogP contribution in [0.25, 0.3) is 0 Å². The van der Waals surface area contributed by atoms with Gasteiger partial charge in [-0.1, -0.05) is 22.5 Å². The van der Waals surface area contributed by atoms with Gasteiger partial charge in [-0.05, 0) is 6.08 Å². The largest absolute Gasteiger partial charge is 0.402 e. The predicted molar refractivity (Wildman–Crippen MR) is 42.1 cm³/mol. The number of alkyl halides is 1. The standard InChI is InChI=1S/C6H9BrFNO/c1-4(8)2-5(9)3-6(7)10/h2,6,10H,1,3,9H2/b5-2+. The first kappa shape index (κ1) is 9.65. The van der Waals surface area contributed by atoms with Gasteiger partial charge in [0.1, 0.15) is 10.8 Å². The molecule has 0 aromatic heterocycles. The Hall–Kier alpha value is -0.350. The van der Waals surface area contributed by atoms with Crippen LogP contribution in [0.3, 0.4) is 0 Å². The SMILES string of the molecule is C=C(F)/C=C(/N)CC(O)Br. The van der Waals surface area contributed by atoms with Gasteiger partial charge in [-0.2, -0.15) is 0 Å². The van der Waals surface area contributed by atoms with Crippen LogP contribution < -0.4 is 5.73 Å². The summed E-state index contributed by atoms with van der Waals surface area (Å²) in [5, 5.41) is 7.96. The van der Waals surface area contributed by atoms with Crippen molar-refractivity contribution in [3.05, 3.63) is 24.2 Å². The summed E-state index contributed by atoms with van der Waals surface area (Å²) in [6.07, 6.45) is 1.27. The third-order valence-corrected chi connectivity index (χ3v) is 1.07. The van der Waals surface area contributed by atoms with Crippen molar-refractivity contribution in [3.8, 4) is 0 Å². The summed E-state index contributed by atoms with van der Waals surface area (Å²) in [7, 11) is 0. The van der Waals surface area contributed by atoms with Crippen molar-refractivity contribution < 1.29 is 9.50 Å². The molecule has 0 amide bonds. The summed E-state index contributed by atoms with van der Waals surface area (Å²) >= 11 is 2.85. The summed E-state index contributed by atoms with van der Waals surface area (Å²) in [4.78, 5) is 0. The van der Waals surface area contributed by atoms with Crippen LogP contribution in [0.1, 0.15) is 6.42 Å². The van der Waals surface area contributed by atoms with Gasteiger partial charge in [-0.3, -0.25) is 0 Å². The molecule has 1 unspecified atom stereocenters. The fraction of sp³-hybridized carbons (Fsp3) is 0.333. The van der Waals surface area contributed by atoms with Crippen LogP contribution in [-0.2, 0) is 0 Å². The topological polar surface area (TPSA) is 46.2 Å². The molecule has 0 aliphatic heterocycles. The Morgan fingerprint density at radius 2 is 2.40 bits per heavy atom. The number of aliphatic hydroxyl groups excluding tert-OH is 1. The van der Waals surface area contributed by atoms with Gasteiger partial charge in [-0.25, -0.2) is 4.39 Å². The van der Waals surface area contributed by atoms with Crippen molar-refractivity contribution in [2.24, 2.45) is 5.73 Å². The molecular weight excluding hydrogens is 201 g/mol. The Morgan fingerprint density at radius 3 is 2.70 bits per heavy atom. The van der Waals surface area contributed by atoms with Crippen molar-refractivity contribution >= 4 is 15.9 Å². The van der Waals surface area contributed by atoms with Crippen molar-refractivity contribution in [2.75, 3.05) is 0 Å². The summed E-state index contributed by atoms with van der Waals surface area (Å²) < 4.78 is 12.0. The highest BCUT2D eigenvalue weighted by Crippen LogP contribution is 2.07. The highest BCUT2D eigenvalue weighted by molar-refractivity contribution is 9.09. The van der Waals surface area contributed by atoms with Crippen LogP contribution in [0, 0.1) is 0 Å². The number of aliphatic hydroxyl groups is 1. The van der Waals surface area contributed by atoms with Gasteiger partial charge in [0.15, 0.2) is 0 Å². The lowest BCUT2D eigenvalue weighted by Crippen LogP contribution is -2.04. The molecule has 0 aliphatic rings. The van der Waals surface area contributed by atoms with Gasteiger partial charge in [0.05, 0.1) is 0 Å². The minimum Gasteiger partial charge on any atom is -0.402 e. The number of nitrogens with two attached hydrogens (primary N) is 1. The third-order valence-electron chi connectivity index (χ3n) is 0.746. The lowest BCUT2D eigenvalue weighted by Gasteiger charge is -2.00. The van der Waals surface area contributed by atoms with Crippen molar-refractivity contribution in [1.82, 2.24) is 0 Å². The number of hydrogen-bond donors (Lipinski definition) is 2. The molecule has 3 N–H and O–H groups in total. The summed E-state index contributed by atoms with van der Waals surface area (Å²) in [6.45, 7) is 2.98. The Balaban J connectivity index is 3.83. The lowest BCUT2D eigenvalue weighted by atomic mass is 10.3. The zero-order chi connectivity index (χ0) is 8.15. The predicted octanol–water partition coefficient (Wildman–Crippen LogP) is 1.42. The van der Waals surface area contributed by atoms with Crippen molar-refractivity contribution in [1.29, 1.82) is 0 Å². The Kier molecular flexibility index (Phi) is 4.31. The van der Waals surface area contributed by atoms with Gasteiger partial charge < -0.3 is 10.8 Å². The Labute approximate surface area is 67.4 Å². The fourth-order valence-electron chi connectivity index (χ4n) is 0.455. The van der Waals surface area contributed by atoms with Gasteiger partial charge in [0.25, 0.3) is 0 Å². The van der Waals surface area contributed by atoms with Crippen LogP contribution in [0.2, 0.25) is 0 Å². The lowest BCUT2D eigenvalue weighted by molar-refractivity contribution is 0.270. The van der Waals surface area contributed by atoms with E-state index in [0.717, 1.165) is 6.08 Å². The molecule has 58 valence electrons. The second kappa shape index (κ2) is 4.46. The molecule has 0 aromatic rings. The zero-order valence-electron chi connectivity index (χ0n) is 5.35. The molecule has 0 aliphatic carbocycles. The van der Waals surface area contributed by atoms with E-state index in [9.17, 15) is 4.39 Å². The summed E-state index contributed by atoms with van der Waals surface area (Å²) in [5.74, 6) is -0.606. The fourth-order valence-corrected chi connectivity index (χ4v) is 0.828. The summed E-state index contributed by atoms with van der Waals surface area (Å²) in [6, 6.07) is 0. The van der Waals surface area contributed by atoms with E-state index in [1.54, 1.807) is 0 Å². The van der Waals surface area contributed by atoms with Gasteiger partial charge in [0.2, 0.25) is 0 Å². The van der Waals surface area contributed by atoms with Crippen LogP contribution in [-0.4, -0.2) is 10.1 Å². The second-order valence-electron chi connectivity index (χ2n) is 1.80. The van der Waals surface area contributed by atoms with E-state index in [2.05, 4.69) is 22.5 Å². The minimum absolute atomic E-state index is 0.197. The molecule has 4 heteroatoms. The molecule has 0 fully saturated rings. The van der Waals surface area contributed by atoms with Crippen molar-refractivity contribution in [2.45, 2.75) is 11.4 Å². The van der Waals surface area contributed by atoms with Gasteiger partial charge >= 0.3 is 0 Å². The van der Waals surface area contributed by atoms with E-state index in [4.69, 9.17) is 10.8 Å². The van der Waals surface area contributed by atoms with E-state index in [1.165, 1.54) is 0 Å². The molecular formula is C6H9BrFNO. The van der Waals surface area contributed by atoms with Crippen LogP contribution >= 0.6 is 15.9 Å². The third kappa shape index (κ3) is 5.78. The maximum Gasteiger partial charge on any atom is 0.117 e. The molecule has 1 atom stereocenters. The second-order valence-corrected chi connectivity index (χ2v) is 2.86. The molecule has 0 bridgehead atoms. The molecule has 2 nitrogen and oxygen atoms in total. The molecule has 0 saturated carbocycles. The zero-order valence-corrected chi connectivity index (χ0v) is 6.94. The highest BCUT2D eigenvalue weighted by Gasteiger charge is 1.99. The van der Waals surface area contributed by atoms with E-state index >= 15 is 0 Å². The maximum atomic E-state index is 12.0. The number of hydrogen-bond acceptors (Lipinski definition) is 2. The molecule has 0 radical (unpaired) electrons. The number of halogens is 2. The normalized spacial score (nSPS) is 14.9. The number of allylic oxidation sites excluding steroid dienone is 2. The first-order valence-electron chi connectivity index (χ1n) is 2.65. The first-order valence-corrected chi connectivity index (χ1v) is 3.56. The van der Waals surface area contributed by atoms with Crippen molar-refractivity contribution in [3.63, 3.8) is 0 Å². The molecule has 0 saturated heterocycles. The quantitative estimate of drug-likeness (QED) is 0.546. The molecule has 0 spiro atoms. The van der Waals surface area contributed by atoms with E-state index in [-0.39, 0.29) is 12.1 Å². The monoisotopic (exact) mass is 209 g/mol. The average Bonchev–Trinajstić information content (AvgIpc) is 1.58. The molecule has 0 rings (SSSR count). The number of rotatable bonds is 3. The van der Waals surface area contributed by atoms with Crippen LogP contribution in [0.5, 0.6) is 0 Å². The molecule has 0 heterocycles. The van der Waals surface area contributed by atoms with E-state index in [0.29, 0.717) is 0 Å². The minimum atomic E-state index is -0.719. The Morgan fingerprint density at radius 1 is 1.90 bits per heavy atom. The maximum absolute atomic E-state index is 12.0. The average molecular weight is 210 g/mol. The molecule has 10 heavy (non-hydrogen) atoms. The Bertz CT molecular complexity index is 156. The highest BCUT2D eigenvalue weighted by atomic mass is 79.9. The van der Waals surface area contributed by atoms with E-state index < -0.39 is 10.8 Å². The first-order chi connectivity index (χ1) is 4.52. The van der Waals surface area contributed by atoms with Crippen LogP contribution in [0.15, 0.2) is 24.2 Å². The van der Waals surface area contributed by atoms with Crippen LogP contribution in [0.4, 0.5) is 4.39 Å². The van der Waals surface area contributed by atoms with Gasteiger partial charge in [0, 0.05) is 12.1 Å². The van der Waals surface area contributed by atoms with Gasteiger partial charge in [-0.15, -0.1) is 0 Å².